The summed E-state index contributed by atoms with van der Waals surface area (Å²) < 4.78 is 0. The number of aromatic nitrogens is 3. The second-order valence-electron chi connectivity index (χ2n) is 24.1. The zero-order valence-electron chi connectivity index (χ0n) is 47.7. The molecule has 0 bridgehead atoms. The molecule has 6 aliphatic carbocycles. The summed E-state index contributed by atoms with van der Waals surface area (Å²) in [4.78, 5) is 25.6. The van der Waals surface area contributed by atoms with Gasteiger partial charge in [-0.25, -0.2) is 0 Å². The van der Waals surface area contributed by atoms with Crippen LogP contribution in [0.15, 0.2) is 255 Å². The van der Waals surface area contributed by atoms with E-state index in [4.69, 9.17) is 15.0 Å². The van der Waals surface area contributed by atoms with Crippen LogP contribution in [0.25, 0.3) is 66.8 Å². The van der Waals surface area contributed by atoms with E-state index < -0.39 is 0 Å². The van der Waals surface area contributed by atoms with Crippen molar-refractivity contribution in [2.24, 2.45) is 0 Å². The van der Waals surface area contributed by atoms with Crippen LogP contribution >= 0.6 is 0 Å². The quantitative estimate of drug-likeness (QED) is 0.144. The van der Waals surface area contributed by atoms with Crippen LogP contribution in [0, 0.1) is 0 Å². The Labute approximate surface area is 505 Å². The summed E-state index contributed by atoms with van der Waals surface area (Å²) >= 11 is 0. The van der Waals surface area contributed by atoms with E-state index in [1.54, 1.807) is 0 Å². The van der Waals surface area contributed by atoms with E-state index in [0.29, 0.717) is 17.8 Å². The maximum atomic E-state index is 6.12. The summed E-state index contributed by atoms with van der Waals surface area (Å²) in [5.41, 5.74) is 36.7. The predicted molar refractivity (Wildman–Crippen MR) is 353 cm³/mol. The van der Waals surface area contributed by atoms with E-state index in [9.17, 15) is 0 Å². The predicted octanol–water partition coefficient (Wildman–Crippen LogP) is 19.7. The van der Waals surface area contributed by atoms with E-state index in [-0.39, 0.29) is 0 Å². The molecule has 0 spiro atoms. The van der Waals surface area contributed by atoms with Crippen LogP contribution in [-0.4, -0.2) is 15.0 Å². The lowest BCUT2D eigenvalue weighted by atomic mass is 10.0. The zero-order chi connectivity index (χ0) is 56.8. The fourth-order valence-corrected chi connectivity index (χ4v) is 15.8. The number of fused-ring (bicyclic) bond motifs is 18. The van der Waals surface area contributed by atoms with Crippen LogP contribution in [0.5, 0.6) is 0 Å². The van der Waals surface area contributed by atoms with E-state index in [0.717, 1.165) is 72.6 Å². The van der Waals surface area contributed by atoms with Crippen LogP contribution in [0.1, 0.15) is 66.8 Å². The molecule has 1 heterocycles. The topological polar surface area (TPSA) is 48.4 Å². The van der Waals surface area contributed by atoms with Crippen molar-refractivity contribution < 1.29 is 0 Å². The molecule has 0 atom stereocenters. The van der Waals surface area contributed by atoms with Gasteiger partial charge in [-0.1, -0.05) is 218 Å². The molecule has 12 aromatic carbocycles. The van der Waals surface area contributed by atoms with Gasteiger partial charge in [-0.3, -0.25) is 14.7 Å². The maximum absolute atomic E-state index is 6.12. The van der Waals surface area contributed by atoms with Gasteiger partial charge in [0.2, 0.25) is 17.8 Å². The van der Waals surface area contributed by atoms with Gasteiger partial charge in [0.25, 0.3) is 0 Å². The molecule has 6 heteroatoms. The van der Waals surface area contributed by atoms with Crippen LogP contribution in [0.4, 0.5) is 52.0 Å². The summed E-state index contributed by atoms with van der Waals surface area (Å²) in [6.45, 7) is 0. The van der Waals surface area contributed by atoms with E-state index >= 15 is 0 Å². The Morgan fingerprint density at radius 2 is 0.333 bits per heavy atom. The molecule has 0 N–H and O–H groups in total. The average molecular weight is 1110 g/mol. The molecule has 0 fully saturated rings. The minimum absolute atomic E-state index is 0.539. The zero-order valence-corrected chi connectivity index (χ0v) is 47.7. The number of rotatable bonds is 9. The molecule has 0 amide bonds. The molecule has 0 unspecified atom stereocenters. The summed E-state index contributed by atoms with van der Waals surface area (Å²) in [6, 6.07) is 94.4. The van der Waals surface area contributed by atoms with Gasteiger partial charge in [0.1, 0.15) is 0 Å². The molecular weight excluding hydrogens is 1060 g/mol. The molecule has 0 saturated heterocycles. The second kappa shape index (κ2) is 18.8. The molecule has 0 saturated carbocycles. The Morgan fingerprint density at radius 3 is 0.517 bits per heavy atom. The number of nitrogens with zero attached hydrogens (tertiary/aromatic N) is 6. The SMILES string of the molecule is c1ccc2c(c1)Cc1c-2cccc1N(c1nc(N(c2cccc3c2Cc2ccccc2-3)c2cccc3c2Cc2ccccc2-3)nc(N(c2cccc3c2Cc2ccccc2-3)c2cccc3c2Cc2ccccc2-3)n1)c1cccc2c1Cc1ccccc1-2. The molecule has 13 aromatic rings. The second-order valence-corrected chi connectivity index (χ2v) is 24.1. The molecule has 87 heavy (non-hydrogen) atoms. The number of benzene rings is 12. The van der Waals surface area contributed by atoms with Crippen LogP contribution in [0.2, 0.25) is 0 Å². The first-order chi connectivity index (χ1) is 43.1. The minimum Gasteiger partial charge on any atom is -0.278 e. The van der Waals surface area contributed by atoms with Gasteiger partial charge in [0.15, 0.2) is 0 Å². The fourth-order valence-electron chi connectivity index (χ4n) is 15.8. The minimum atomic E-state index is 0.539. The Hall–Kier alpha value is -11.0. The largest absolute Gasteiger partial charge is 0.278 e. The van der Waals surface area contributed by atoms with Gasteiger partial charge < -0.3 is 0 Å². The lowest BCUT2D eigenvalue weighted by Gasteiger charge is -2.33. The summed E-state index contributed by atoms with van der Waals surface area (Å²) in [5, 5.41) is 0. The molecule has 6 nitrogen and oxygen atoms in total. The van der Waals surface area contributed by atoms with E-state index in [2.05, 4.69) is 269 Å². The van der Waals surface area contributed by atoms with Crippen molar-refractivity contribution in [3.8, 4) is 66.8 Å². The molecule has 0 aliphatic heterocycles. The van der Waals surface area contributed by atoms with Gasteiger partial charge >= 0.3 is 0 Å². The standard InChI is InChI=1S/C81H54N6/c1-7-25-55-49(19-1)43-67-61(55)31-13-37-73(67)85(74-38-14-32-62-56-26-8-2-20-50(56)44-68(62)74)79-82-80(86(75-39-15-33-63-57-27-9-3-21-51(57)45-69(63)75)76-40-16-34-64-58-28-10-4-22-52(58)46-70(64)76)84-81(83-79)87(77-41-17-35-65-59-29-11-5-23-53(59)47-71(65)77)78-42-18-36-66-60-30-12-6-24-54(60)48-72(66)78/h1-42H,43-48H2. The van der Waals surface area contributed by atoms with Gasteiger partial charge in [0.05, 0.1) is 34.1 Å². The third kappa shape index (κ3) is 7.25. The molecule has 0 radical (unpaired) electrons. The maximum Gasteiger partial charge on any atom is 0.241 e. The Kier molecular flexibility index (Phi) is 10.5. The van der Waals surface area contributed by atoms with Crippen LogP contribution in [0.3, 0.4) is 0 Å². The number of anilines is 9. The third-order valence-corrected chi connectivity index (χ3v) is 19.6. The average Bonchev–Trinajstić information content (AvgIpc) is 2.26. The first-order valence-corrected chi connectivity index (χ1v) is 30.5. The van der Waals surface area contributed by atoms with E-state index in [1.807, 2.05) is 0 Å². The van der Waals surface area contributed by atoms with Crippen molar-refractivity contribution >= 4 is 52.0 Å². The smallest absolute Gasteiger partial charge is 0.241 e. The van der Waals surface area contributed by atoms with Crippen LogP contribution in [-0.2, 0) is 38.5 Å². The van der Waals surface area contributed by atoms with Crippen molar-refractivity contribution in [2.45, 2.75) is 38.5 Å². The molecular formula is C81H54N6. The van der Waals surface area contributed by atoms with Gasteiger partial charge in [-0.2, -0.15) is 15.0 Å². The Morgan fingerprint density at radius 1 is 0.172 bits per heavy atom. The van der Waals surface area contributed by atoms with Crippen molar-refractivity contribution in [3.05, 3.63) is 322 Å². The number of hydrogen-bond acceptors (Lipinski definition) is 6. The normalized spacial score (nSPS) is 13.2. The van der Waals surface area contributed by atoms with Gasteiger partial charge in [-0.15, -0.1) is 0 Å². The first kappa shape index (κ1) is 48.4. The third-order valence-electron chi connectivity index (χ3n) is 19.6. The lowest BCUT2D eigenvalue weighted by Crippen LogP contribution is -2.24. The van der Waals surface area contributed by atoms with Gasteiger partial charge in [0, 0.05) is 38.5 Å². The molecule has 19 rings (SSSR count). The summed E-state index contributed by atoms with van der Waals surface area (Å²) in [7, 11) is 0. The molecule has 1 aromatic heterocycles. The summed E-state index contributed by atoms with van der Waals surface area (Å²) in [6.07, 6.45) is 4.65. The summed E-state index contributed by atoms with van der Waals surface area (Å²) in [5.74, 6) is 1.62. The van der Waals surface area contributed by atoms with Crippen molar-refractivity contribution in [1.82, 2.24) is 15.0 Å². The molecule has 408 valence electrons. The Bertz CT molecular complexity index is 4300. The van der Waals surface area contributed by atoms with Crippen molar-refractivity contribution in [3.63, 3.8) is 0 Å². The molecule has 6 aliphatic rings. The highest BCUT2D eigenvalue weighted by atomic mass is 15.4. The van der Waals surface area contributed by atoms with Gasteiger partial charge in [-0.05, 0) is 170 Å². The highest BCUT2D eigenvalue weighted by Crippen LogP contribution is 2.55. The first-order valence-electron chi connectivity index (χ1n) is 30.5. The lowest BCUT2D eigenvalue weighted by molar-refractivity contribution is 0.949. The van der Waals surface area contributed by atoms with Crippen molar-refractivity contribution in [2.75, 3.05) is 14.7 Å². The fraction of sp³-hybridized carbons (Fsp3) is 0.0741. The monoisotopic (exact) mass is 1110 g/mol. The van der Waals surface area contributed by atoms with E-state index in [1.165, 1.54) is 134 Å². The highest BCUT2D eigenvalue weighted by Gasteiger charge is 2.37. The highest BCUT2D eigenvalue weighted by molar-refractivity contribution is 5.96. The Balaban J connectivity index is 0.938. The van der Waals surface area contributed by atoms with Crippen LogP contribution < -0.4 is 14.7 Å². The number of hydrogen-bond donors (Lipinski definition) is 0. The van der Waals surface area contributed by atoms with Crippen molar-refractivity contribution in [1.29, 1.82) is 0 Å².